The quantitative estimate of drug-likeness (QED) is 0.432. The van der Waals surface area contributed by atoms with Gasteiger partial charge >= 0.3 is 0 Å². The molecule has 2 aliphatic rings. The van der Waals surface area contributed by atoms with Crippen LogP contribution in [0.1, 0.15) is 49.2 Å². The second-order valence-corrected chi connectivity index (χ2v) is 10.7. The molecule has 2 atom stereocenters. The van der Waals surface area contributed by atoms with Crippen LogP contribution < -0.4 is 14.7 Å². The summed E-state index contributed by atoms with van der Waals surface area (Å²) < 4.78 is 0. The van der Waals surface area contributed by atoms with E-state index in [0.29, 0.717) is 30.1 Å². The molecule has 0 saturated carbocycles. The molecule has 3 aromatic rings. The molecule has 1 fully saturated rings. The number of para-hydroxylation sites is 1. The highest BCUT2D eigenvalue weighted by molar-refractivity contribution is 6.30. The molecule has 5 rings (SSSR count). The SMILES string of the molecule is CC(=O)N1CCN(c2ccc(C(=O)N3c4ccccc4C(N(C(C)=O)c4ccc(Cl)cc4)CC3C)cc2)CC1. The van der Waals surface area contributed by atoms with Crippen molar-refractivity contribution in [3.05, 3.63) is 88.9 Å². The predicted octanol–water partition coefficient (Wildman–Crippen LogP) is 5.54. The highest BCUT2D eigenvalue weighted by atomic mass is 35.5. The van der Waals surface area contributed by atoms with Crippen molar-refractivity contribution < 1.29 is 14.4 Å². The summed E-state index contributed by atoms with van der Waals surface area (Å²) in [6.07, 6.45) is 0.601. The van der Waals surface area contributed by atoms with Crippen molar-refractivity contribution in [2.75, 3.05) is 40.9 Å². The maximum atomic E-state index is 13.9. The topological polar surface area (TPSA) is 64.2 Å². The van der Waals surface area contributed by atoms with E-state index >= 15 is 0 Å². The predicted molar refractivity (Wildman–Crippen MR) is 156 cm³/mol. The Labute approximate surface area is 234 Å². The Morgan fingerprint density at radius 3 is 2.10 bits per heavy atom. The van der Waals surface area contributed by atoms with E-state index in [1.807, 2.05) is 77.4 Å². The van der Waals surface area contributed by atoms with Crippen LogP contribution in [0.15, 0.2) is 72.8 Å². The first-order valence-corrected chi connectivity index (χ1v) is 13.7. The van der Waals surface area contributed by atoms with Crippen molar-refractivity contribution in [2.24, 2.45) is 0 Å². The number of piperazine rings is 1. The van der Waals surface area contributed by atoms with E-state index in [1.165, 1.54) is 0 Å². The smallest absolute Gasteiger partial charge is 0.258 e. The van der Waals surface area contributed by atoms with Crippen LogP contribution >= 0.6 is 11.6 Å². The Morgan fingerprint density at radius 2 is 1.49 bits per heavy atom. The second-order valence-electron chi connectivity index (χ2n) is 10.2. The van der Waals surface area contributed by atoms with Gasteiger partial charge < -0.3 is 19.6 Å². The van der Waals surface area contributed by atoms with E-state index in [-0.39, 0.29) is 29.8 Å². The molecular formula is C31H33ClN4O3. The van der Waals surface area contributed by atoms with Gasteiger partial charge in [-0.25, -0.2) is 0 Å². The number of anilines is 3. The number of hydrogen-bond donors (Lipinski definition) is 0. The molecule has 1 saturated heterocycles. The number of carbonyl (C=O) groups is 3. The first-order valence-electron chi connectivity index (χ1n) is 13.3. The van der Waals surface area contributed by atoms with Crippen LogP contribution in [0, 0.1) is 0 Å². The van der Waals surface area contributed by atoms with E-state index < -0.39 is 0 Å². The minimum absolute atomic E-state index is 0.0659. The molecule has 0 bridgehead atoms. The van der Waals surface area contributed by atoms with Gasteiger partial charge in [-0.05, 0) is 73.5 Å². The molecule has 2 unspecified atom stereocenters. The van der Waals surface area contributed by atoms with Crippen molar-refractivity contribution in [1.29, 1.82) is 0 Å². The zero-order valence-corrected chi connectivity index (χ0v) is 23.3. The van der Waals surface area contributed by atoms with E-state index in [2.05, 4.69) is 4.90 Å². The van der Waals surface area contributed by atoms with E-state index in [0.717, 1.165) is 35.7 Å². The van der Waals surface area contributed by atoms with Crippen molar-refractivity contribution in [2.45, 2.75) is 39.3 Å². The van der Waals surface area contributed by atoms with Crippen LogP contribution in [-0.2, 0) is 9.59 Å². The first-order chi connectivity index (χ1) is 18.7. The van der Waals surface area contributed by atoms with Crippen LogP contribution in [0.5, 0.6) is 0 Å². The monoisotopic (exact) mass is 544 g/mol. The molecule has 8 heteroatoms. The van der Waals surface area contributed by atoms with Crippen molar-refractivity contribution in [3.63, 3.8) is 0 Å². The molecule has 7 nitrogen and oxygen atoms in total. The summed E-state index contributed by atoms with van der Waals surface area (Å²) >= 11 is 6.10. The van der Waals surface area contributed by atoms with Crippen LogP contribution in [0.3, 0.4) is 0 Å². The van der Waals surface area contributed by atoms with E-state index in [1.54, 1.807) is 30.9 Å². The minimum atomic E-state index is -0.213. The molecule has 3 aromatic carbocycles. The van der Waals surface area contributed by atoms with Gasteiger partial charge in [-0.1, -0.05) is 29.8 Å². The van der Waals surface area contributed by atoms with Gasteiger partial charge in [-0.3, -0.25) is 14.4 Å². The summed E-state index contributed by atoms with van der Waals surface area (Å²) in [7, 11) is 0. The molecule has 39 heavy (non-hydrogen) atoms. The first kappa shape index (κ1) is 26.8. The summed E-state index contributed by atoms with van der Waals surface area (Å²) in [6.45, 7) is 8.15. The van der Waals surface area contributed by atoms with E-state index in [4.69, 9.17) is 11.6 Å². The summed E-state index contributed by atoms with van der Waals surface area (Å²) in [6, 6.07) is 22.5. The van der Waals surface area contributed by atoms with Crippen LogP contribution in [-0.4, -0.2) is 54.8 Å². The van der Waals surface area contributed by atoms with Gasteiger partial charge in [0.05, 0.1) is 6.04 Å². The van der Waals surface area contributed by atoms with Crippen molar-refractivity contribution >= 4 is 46.4 Å². The van der Waals surface area contributed by atoms with Gasteiger partial charge in [0.2, 0.25) is 11.8 Å². The van der Waals surface area contributed by atoms with Crippen LogP contribution in [0.4, 0.5) is 17.1 Å². The maximum absolute atomic E-state index is 13.9. The average molecular weight is 545 g/mol. The molecule has 0 radical (unpaired) electrons. The van der Waals surface area contributed by atoms with Crippen LogP contribution in [0.25, 0.3) is 0 Å². The second kappa shape index (κ2) is 11.1. The van der Waals surface area contributed by atoms with Gasteiger partial charge in [0.25, 0.3) is 5.91 Å². The zero-order chi connectivity index (χ0) is 27.7. The molecule has 0 aliphatic carbocycles. The standard InChI is InChI=1S/C31H33ClN4O3/c1-21-20-30(36(23(3)38)27-14-10-25(32)11-15-27)28-6-4-5-7-29(28)35(21)31(39)24-8-12-26(13-9-24)34-18-16-33(17-19-34)22(2)37/h4-15,21,30H,16-20H2,1-3H3. The molecule has 2 heterocycles. The van der Waals surface area contributed by atoms with Crippen molar-refractivity contribution in [3.8, 4) is 0 Å². The number of halogens is 1. The highest BCUT2D eigenvalue weighted by Crippen LogP contribution is 2.43. The number of rotatable bonds is 4. The number of fused-ring (bicyclic) bond motifs is 1. The molecule has 0 spiro atoms. The lowest BCUT2D eigenvalue weighted by Gasteiger charge is -2.43. The summed E-state index contributed by atoms with van der Waals surface area (Å²) in [5, 5.41) is 0.612. The van der Waals surface area contributed by atoms with Gasteiger partial charge in [-0.2, -0.15) is 0 Å². The van der Waals surface area contributed by atoms with Gasteiger partial charge in [-0.15, -0.1) is 0 Å². The Kier molecular flexibility index (Phi) is 7.62. The van der Waals surface area contributed by atoms with Crippen LogP contribution in [0.2, 0.25) is 5.02 Å². The Bertz CT molecular complexity index is 1370. The van der Waals surface area contributed by atoms with Gasteiger partial charge in [0.15, 0.2) is 0 Å². The number of carbonyl (C=O) groups excluding carboxylic acids is 3. The molecular weight excluding hydrogens is 512 g/mol. The Hall–Kier alpha value is -3.84. The lowest BCUT2D eigenvalue weighted by molar-refractivity contribution is -0.129. The normalized spacial score (nSPS) is 18.9. The number of benzene rings is 3. The largest absolute Gasteiger partial charge is 0.368 e. The number of hydrogen-bond acceptors (Lipinski definition) is 4. The molecule has 0 N–H and O–H groups in total. The van der Waals surface area contributed by atoms with E-state index in [9.17, 15) is 14.4 Å². The summed E-state index contributed by atoms with van der Waals surface area (Å²) in [4.78, 5) is 46.1. The lowest BCUT2D eigenvalue weighted by atomic mass is 9.89. The minimum Gasteiger partial charge on any atom is -0.368 e. The summed E-state index contributed by atoms with van der Waals surface area (Å²) in [5.41, 5.74) is 4.19. The van der Waals surface area contributed by atoms with Gasteiger partial charge in [0, 0.05) is 73.7 Å². The fourth-order valence-corrected chi connectivity index (χ4v) is 5.88. The maximum Gasteiger partial charge on any atom is 0.258 e. The number of amides is 3. The zero-order valence-electron chi connectivity index (χ0n) is 22.5. The van der Waals surface area contributed by atoms with Gasteiger partial charge in [0.1, 0.15) is 0 Å². The molecule has 0 aromatic heterocycles. The fraction of sp³-hybridized carbons (Fsp3) is 0.323. The third-order valence-electron chi connectivity index (χ3n) is 7.74. The summed E-state index contributed by atoms with van der Waals surface area (Å²) in [5.74, 6) is -0.0283. The third-order valence-corrected chi connectivity index (χ3v) is 7.99. The average Bonchev–Trinajstić information content (AvgIpc) is 2.94. The molecule has 3 amide bonds. The lowest BCUT2D eigenvalue weighted by Crippen LogP contribution is -2.48. The Balaban J connectivity index is 1.40. The highest BCUT2D eigenvalue weighted by Gasteiger charge is 2.38. The number of nitrogens with zero attached hydrogens (tertiary/aromatic N) is 4. The fourth-order valence-electron chi connectivity index (χ4n) is 5.75. The van der Waals surface area contributed by atoms with Crippen molar-refractivity contribution in [1.82, 2.24) is 4.90 Å². The molecule has 2 aliphatic heterocycles. The molecule has 202 valence electrons. The third kappa shape index (κ3) is 5.36. The Morgan fingerprint density at radius 1 is 0.846 bits per heavy atom.